The minimum atomic E-state index is -0.211. The van der Waals surface area contributed by atoms with Crippen LogP contribution in [0.4, 0.5) is 0 Å². The topological polar surface area (TPSA) is 52.6 Å². The molecule has 0 aromatic heterocycles. The van der Waals surface area contributed by atoms with Crippen molar-refractivity contribution in [2.45, 2.75) is 25.4 Å². The second kappa shape index (κ2) is 7.33. The van der Waals surface area contributed by atoms with Gasteiger partial charge in [-0.05, 0) is 24.7 Å². The molecule has 1 fully saturated rings. The molecule has 1 atom stereocenters. The second-order valence-electron chi connectivity index (χ2n) is 4.78. The molecule has 1 amide bonds. The largest absolute Gasteiger partial charge is 0.392 e. The maximum atomic E-state index is 12.0. The number of aliphatic hydroxyl groups excluding tert-OH is 1. The van der Waals surface area contributed by atoms with Gasteiger partial charge in [-0.1, -0.05) is 29.4 Å². The minimum Gasteiger partial charge on any atom is -0.392 e. The van der Waals surface area contributed by atoms with Crippen molar-refractivity contribution in [3.63, 3.8) is 0 Å². The van der Waals surface area contributed by atoms with Gasteiger partial charge in [0.2, 0.25) is 5.91 Å². The monoisotopic (exact) mass is 302 g/mol. The fraction of sp³-hybridized carbons (Fsp3) is 0.615. The van der Waals surface area contributed by atoms with Crippen LogP contribution in [-0.4, -0.2) is 48.2 Å². The van der Waals surface area contributed by atoms with Crippen LogP contribution in [-0.2, 0) is 4.79 Å². The molecule has 2 aliphatic rings. The Morgan fingerprint density at radius 2 is 2.47 bits per heavy atom. The highest BCUT2D eigenvalue weighted by Gasteiger charge is 2.20. The van der Waals surface area contributed by atoms with Crippen molar-refractivity contribution in [1.82, 2.24) is 10.2 Å². The average Bonchev–Trinajstić information content (AvgIpc) is 2.67. The number of carbonyl (C=O) groups is 1. The van der Waals surface area contributed by atoms with E-state index in [0.717, 1.165) is 25.9 Å². The lowest BCUT2D eigenvalue weighted by Gasteiger charge is -2.15. The Morgan fingerprint density at radius 3 is 3.21 bits per heavy atom. The van der Waals surface area contributed by atoms with Crippen molar-refractivity contribution in [3.05, 3.63) is 21.4 Å². The Morgan fingerprint density at radius 1 is 1.63 bits per heavy atom. The molecule has 4 nitrogen and oxygen atoms in total. The van der Waals surface area contributed by atoms with E-state index >= 15 is 0 Å². The fourth-order valence-electron chi connectivity index (χ4n) is 2.23. The number of nitrogens with one attached hydrogen (secondary N) is 1. The predicted octanol–water partition coefficient (Wildman–Crippen LogP) is 1.66. The zero-order valence-corrected chi connectivity index (χ0v) is 12.3. The Balaban J connectivity index is 1.75. The van der Waals surface area contributed by atoms with E-state index in [0.29, 0.717) is 29.4 Å². The van der Waals surface area contributed by atoms with Crippen LogP contribution in [0.25, 0.3) is 0 Å². The van der Waals surface area contributed by atoms with E-state index in [1.165, 1.54) is 11.8 Å². The van der Waals surface area contributed by atoms with E-state index in [-0.39, 0.29) is 12.0 Å². The number of β-amino-alcohol motifs (C(OH)–C–C–N with tert-alkyl or cyclic N) is 1. The van der Waals surface area contributed by atoms with Crippen LogP contribution in [0.2, 0.25) is 0 Å². The molecular formula is C13H19ClN2O2S. The number of hydrogen-bond donors (Lipinski definition) is 2. The zero-order valence-electron chi connectivity index (χ0n) is 10.8. The summed E-state index contributed by atoms with van der Waals surface area (Å²) in [6, 6.07) is 0. The number of halogens is 1. The van der Waals surface area contributed by atoms with E-state index in [9.17, 15) is 9.90 Å². The van der Waals surface area contributed by atoms with Crippen molar-refractivity contribution >= 4 is 29.3 Å². The summed E-state index contributed by atoms with van der Waals surface area (Å²) in [6.07, 6.45) is 4.18. The van der Waals surface area contributed by atoms with Gasteiger partial charge in [-0.3, -0.25) is 9.69 Å². The normalized spacial score (nSPS) is 24.6. The fourth-order valence-corrected chi connectivity index (χ4v) is 3.25. The van der Waals surface area contributed by atoms with Crippen LogP contribution in [0.5, 0.6) is 0 Å². The van der Waals surface area contributed by atoms with Gasteiger partial charge in [-0.2, -0.15) is 0 Å². The van der Waals surface area contributed by atoms with Crippen LogP contribution < -0.4 is 5.32 Å². The molecule has 0 saturated carbocycles. The van der Waals surface area contributed by atoms with Gasteiger partial charge in [0.25, 0.3) is 0 Å². The van der Waals surface area contributed by atoms with Crippen molar-refractivity contribution in [3.8, 4) is 0 Å². The maximum Gasteiger partial charge on any atom is 0.249 e. The Hall–Kier alpha value is -0.490. The number of likely N-dealkylation sites (tertiary alicyclic amines) is 1. The molecule has 1 saturated heterocycles. The van der Waals surface area contributed by atoms with Crippen molar-refractivity contribution in [2.24, 2.45) is 0 Å². The molecular weight excluding hydrogens is 284 g/mol. The molecule has 0 spiro atoms. The third-order valence-corrected chi connectivity index (χ3v) is 4.58. The highest BCUT2D eigenvalue weighted by molar-refractivity contribution is 8.07. The van der Waals surface area contributed by atoms with Crippen LogP contribution in [0.3, 0.4) is 0 Å². The van der Waals surface area contributed by atoms with Gasteiger partial charge in [0, 0.05) is 31.8 Å². The zero-order chi connectivity index (χ0) is 13.7. The van der Waals surface area contributed by atoms with Gasteiger partial charge >= 0.3 is 0 Å². The van der Waals surface area contributed by atoms with Gasteiger partial charge in [-0.25, -0.2) is 0 Å². The lowest BCUT2D eigenvalue weighted by Crippen LogP contribution is -2.35. The number of aliphatic hydroxyl groups is 1. The highest BCUT2D eigenvalue weighted by atomic mass is 35.5. The number of hydrogen-bond acceptors (Lipinski definition) is 4. The van der Waals surface area contributed by atoms with Crippen molar-refractivity contribution < 1.29 is 9.90 Å². The van der Waals surface area contributed by atoms with Gasteiger partial charge in [0.15, 0.2) is 0 Å². The lowest BCUT2D eigenvalue weighted by molar-refractivity contribution is -0.117. The number of nitrogens with zero attached hydrogens (tertiary/aromatic N) is 1. The average molecular weight is 303 g/mol. The van der Waals surface area contributed by atoms with E-state index in [1.807, 2.05) is 11.5 Å². The molecule has 2 N–H and O–H groups in total. The Kier molecular flexibility index (Phi) is 5.76. The SMILES string of the molecule is O=C(NCCN1CCC(O)C1)C1=C(Cl)SC=CCC1. The summed E-state index contributed by atoms with van der Waals surface area (Å²) in [5.41, 5.74) is 0.679. The number of amides is 1. The number of allylic oxidation sites excluding steroid dienone is 1. The van der Waals surface area contributed by atoms with E-state index in [1.54, 1.807) is 0 Å². The molecule has 2 aliphatic heterocycles. The van der Waals surface area contributed by atoms with Crippen LogP contribution in [0.15, 0.2) is 21.4 Å². The first-order chi connectivity index (χ1) is 9.16. The molecule has 0 aliphatic carbocycles. The first kappa shape index (κ1) is 14.9. The minimum absolute atomic E-state index is 0.0686. The highest BCUT2D eigenvalue weighted by Crippen LogP contribution is 2.30. The summed E-state index contributed by atoms with van der Waals surface area (Å²) in [7, 11) is 0. The van der Waals surface area contributed by atoms with Gasteiger partial charge in [-0.15, -0.1) is 0 Å². The Bertz CT molecular complexity index is 398. The van der Waals surface area contributed by atoms with Crippen LogP contribution >= 0.6 is 23.4 Å². The molecule has 0 radical (unpaired) electrons. The molecule has 6 heteroatoms. The summed E-state index contributed by atoms with van der Waals surface area (Å²) < 4.78 is 0.572. The lowest BCUT2D eigenvalue weighted by atomic mass is 10.1. The summed E-state index contributed by atoms with van der Waals surface area (Å²) >= 11 is 7.49. The second-order valence-corrected chi connectivity index (χ2v) is 6.30. The summed E-state index contributed by atoms with van der Waals surface area (Å²) in [5, 5.41) is 14.2. The van der Waals surface area contributed by atoms with E-state index < -0.39 is 0 Å². The quantitative estimate of drug-likeness (QED) is 0.829. The number of carbonyl (C=O) groups excluding carboxylic acids is 1. The summed E-state index contributed by atoms with van der Waals surface area (Å²) in [4.78, 5) is 14.2. The molecule has 1 unspecified atom stereocenters. The third-order valence-electron chi connectivity index (χ3n) is 3.30. The maximum absolute atomic E-state index is 12.0. The molecule has 2 heterocycles. The Labute approximate surface area is 122 Å². The predicted molar refractivity (Wildman–Crippen MR) is 78.9 cm³/mol. The molecule has 0 aromatic carbocycles. The first-order valence-corrected chi connectivity index (χ1v) is 7.81. The smallest absolute Gasteiger partial charge is 0.249 e. The molecule has 106 valence electrons. The molecule has 2 rings (SSSR count). The molecule has 19 heavy (non-hydrogen) atoms. The summed E-state index contributed by atoms with van der Waals surface area (Å²) in [6.45, 7) is 2.98. The molecule has 0 aromatic rings. The van der Waals surface area contributed by atoms with Crippen molar-refractivity contribution in [1.29, 1.82) is 0 Å². The van der Waals surface area contributed by atoms with Gasteiger partial charge in [0.05, 0.1) is 10.5 Å². The van der Waals surface area contributed by atoms with E-state index in [2.05, 4.69) is 10.2 Å². The first-order valence-electron chi connectivity index (χ1n) is 6.55. The third kappa shape index (κ3) is 4.53. The van der Waals surface area contributed by atoms with Gasteiger partial charge < -0.3 is 10.4 Å². The standard InChI is InChI=1S/C13H19ClN2O2S/c14-12-11(3-1-2-8-19-12)13(18)15-5-7-16-6-4-10(17)9-16/h2,8,10,17H,1,3-7,9H2,(H,15,18). The van der Waals surface area contributed by atoms with Crippen molar-refractivity contribution in [2.75, 3.05) is 26.2 Å². The summed E-state index contributed by atoms with van der Waals surface area (Å²) in [5.74, 6) is -0.0686. The number of rotatable bonds is 4. The number of thioether (sulfide) groups is 1. The van der Waals surface area contributed by atoms with Crippen LogP contribution in [0.1, 0.15) is 19.3 Å². The van der Waals surface area contributed by atoms with Gasteiger partial charge in [0.1, 0.15) is 0 Å². The molecule has 0 bridgehead atoms. The van der Waals surface area contributed by atoms with E-state index in [4.69, 9.17) is 11.6 Å². The van der Waals surface area contributed by atoms with Crippen LogP contribution in [0, 0.1) is 0 Å².